The molecule has 0 aliphatic carbocycles. The minimum atomic E-state index is -2.74. The van der Waals surface area contributed by atoms with Gasteiger partial charge in [-0.15, -0.1) is 0 Å². The highest BCUT2D eigenvalue weighted by Crippen LogP contribution is 2.36. The van der Waals surface area contributed by atoms with Gasteiger partial charge in [-0.25, -0.2) is 8.78 Å². The molecule has 0 amide bonds. The van der Waals surface area contributed by atoms with E-state index in [1.165, 1.54) is 12.1 Å². The maximum atomic E-state index is 13.1. The number of nitrogens with two attached hydrogens (primary N) is 1. The Morgan fingerprint density at radius 3 is 2.84 bits per heavy atom. The quantitative estimate of drug-likeness (QED) is 0.674. The third-order valence-corrected chi connectivity index (χ3v) is 3.42. The van der Waals surface area contributed by atoms with Gasteiger partial charge in [0.15, 0.2) is 0 Å². The van der Waals surface area contributed by atoms with Crippen LogP contribution in [-0.2, 0) is 0 Å². The molecule has 0 radical (unpaired) electrons. The summed E-state index contributed by atoms with van der Waals surface area (Å²) in [6.45, 7) is 1.04. The first-order valence-corrected chi connectivity index (χ1v) is 6.07. The number of nitro groups is 1. The number of benzene rings is 1. The third-order valence-electron chi connectivity index (χ3n) is 3.42. The zero-order valence-electron chi connectivity index (χ0n) is 10.3. The fraction of sp³-hybridized carbons (Fsp3) is 0.500. The molecule has 1 aromatic rings. The first kappa shape index (κ1) is 13.7. The van der Waals surface area contributed by atoms with Crippen LogP contribution in [0, 0.1) is 10.1 Å². The number of halogens is 2. The van der Waals surface area contributed by atoms with Crippen LogP contribution >= 0.6 is 0 Å². The lowest BCUT2D eigenvalue weighted by Gasteiger charge is -2.27. The van der Waals surface area contributed by atoms with Gasteiger partial charge in [-0.2, -0.15) is 0 Å². The molecule has 0 aromatic heterocycles. The second kappa shape index (κ2) is 5.48. The third kappa shape index (κ3) is 2.65. The molecule has 19 heavy (non-hydrogen) atoms. The number of nitro benzene ring substituents is 1. The number of anilines is 1. The Kier molecular flexibility index (Phi) is 3.94. The number of non-ortho nitro benzene ring substituents is 1. The largest absolute Gasteiger partial charge is 0.367 e. The Morgan fingerprint density at radius 1 is 1.53 bits per heavy atom. The van der Waals surface area contributed by atoms with Gasteiger partial charge in [0.25, 0.3) is 12.1 Å². The molecule has 5 nitrogen and oxygen atoms in total. The zero-order valence-corrected chi connectivity index (χ0v) is 10.3. The van der Waals surface area contributed by atoms with E-state index in [0.717, 1.165) is 18.9 Å². The van der Waals surface area contributed by atoms with Gasteiger partial charge >= 0.3 is 0 Å². The van der Waals surface area contributed by atoms with Crippen molar-refractivity contribution in [1.29, 1.82) is 0 Å². The normalized spacial score (nSPS) is 19.2. The van der Waals surface area contributed by atoms with Crippen LogP contribution < -0.4 is 10.6 Å². The van der Waals surface area contributed by atoms with E-state index in [1.54, 1.807) is 0 Å². The SMILES string of the molecule is NCC1CCCN1c1ccc([N+](=O)[O-])cc1C(F)F. The fourth-order valence-corrected chi connectivity index (χ4v) is 2.49. The van der Waals surface area contributed by atoms with E-state index < -0.39 is 11.3 Å². The first-order valence-electron chi connectivity index (χ1n) is 6.07. The fourth-order valence-electron chi connectivity index (χ4n) is 2.49. The predicted molar refractivity (Wildman–Crippen MR) is 67.5 cm³/mol. The average Bonchev–Trinajstić information content (AvgIpc) is 2.85. The van der Waals surface area contributed by atoms with Crippen LogP contribution in [0.1, 0.15) is 24.8 Å². The molecule has 2 rings (SSSR count). The molecule has 0 bridgehead atoms. The summed E-state index contributed by atoms with van der Waals surface area (Å²) in [6, 6.07) is 3.63. The van der Waals surface area contributed by atoms with Crippen LogP contribution in [0.3, 0.4) is 0 Å². The second-order valence-electron chi connectivity index (χ2n) is 4.53. The Balaban J connectivity index is 2.42. The van der Waals surface area contributed by atoms with Crippen LogP contribution in [0.2, 0.25) is 0 Å². The van der Waals surface area contributed by atoms with E-state index in [2.05, 4.69) is 0 Å². The lowest BCUT2D eigenvalue weighted by molar-refractivity contribution is -0.385. The van der Waals surface area contributed by atoms with Gasteiger partial charge < -0.3 is 10.6 Å². The van der Waals surface area contributed by atoms with Gasteiger partial charge in [0.2, 0.25) is 0 Å². The first-order chi connectivity index (χ1) is 9.04. The van der Waals surface area contributed by atoms with Crippen molar-refractivity contribution in [1.82, 2.24) is 0 Å². The molecule has 1 unspecified atom stereocenters. The topological polar surface area (TPSA) is 72.4 Å². The molecule has 1 aliphatic rings. The van der Waals surface area contributed by atoms with Crippen LogP contribution in [0.5, 0.6) is 0 Å². The maximum absolute atomic E-state index is 13.1. The standard InChI is InChI=1S/C12H15F2N3O2/c13-12(14)10-6-8(17(18)19)3-4-11(10)16-5-1-2-9(16)7-15/h3-4,6,9,12H,1-2,5,7,15H2. The van der Waals surface area contributed by atoms with E-state index in [4.69, 9.17) is 5.73 Å². The molecule has 1 fully saturated rings. The predicted octanol–water partition coefficient (Wildman–Crippen LogP) is 2.46. The molecule has 7 heteroatoms. The minimum Gasteiger partial charge on any atom is -0.367 e. The smallest absolute Gasteiger partial charge is 0.270 e. The zero-order chi connectivity index (χ0) is 14.0. The van der Waals surface area contributed by atoms with Crippen molar-refractivity contribution in [3.8, 4) is 0 Å². The van der Waals surface area contributed by atoms with Crippen molar-refractivity contribution >= 4 is 11.4 Å². The van der Waals surface area contributed by atoms with E-state index in [1.807, 2.05) is 4.90 Å². The van der Waals surface area contributed by atoms with Gasteiger partial charge in [-0.1, -0.05) is 0 Å². The molecule has 1 aliphatic heterocycles. The Morgan fingerprint density at radius 2 is 2.26 bits per heavy atom. The monoisotopic (exact) mass is 271 g/mol. The van der Waals surface area contributed by atoms with Crippen molar-refractivity contribution < 1.29 is 13.7 Å². The summed E-state index contributed by atoms with van der Waals surface area (Å²) in [7, 11) is 0. The highest BCUT2D eigenvalue weighted by atomic mass is 19.3. The lowest BCUT2D eigenvalue weighted by atomic mass is 10.1. The summed E-state index contributed by atoms with van der Waals surface area (Å²) in [5, 5.41) is 10.7. The number of hydrogen-bond donors (Lipinski definition) is 1. The average molecular weight is 271 g/mol. The van der Waals surface area contributed by atoms with Crippen LogP contribution in [0.25, 0.3) is 0 Å². The van der Waals surface area contributed by atoms with Gasteiger partial charge in [-0.05, 0) is 18.9 Å². The van der Waals surface area contributed by atoms with E-state index in [-0.39, 0.29) is 17.3 Å². The Hall–Kier alpha value is -1.76. The molecule has 0 saturated carbocycles. The number of nitrogens with zero attached hydrogens (tertiary/aromatic N) is 2. The molecular formula is C12H15F2N3O2. The lowest BCUT2D eigenvalue weighted by Crippen LogP contribution is -2.36. The number of alkyl halides is 2. The van der Waals surface area contributed by atoms with Crippen molar-refractivity contribution in [3.05, 3.63) is 33.9 Å². The van der Waals surface area contributed by atoms with Crippen molar-refractivity contribution in [2.45, 2.75) is 25.3 Å². The minimum absolute atomic E-state index is 0.0268. The summed E-state index contributed by atoms with van der Waals surface area (Å²) in [5.41, 5.74) is 5.37. The van der Waals surface area contributed by atoms with Crippen molar-refractivity contribution in [2.75, 3.05) is 18.0 Å². The summed E-state index contributed by atoms with van der Waals surface area (Å²) in [5.74, 6) is 0. The highest BCUT2D eigenvalue weighted by molar-refractivity contribution is 5.59. The van der Waals surface area contributed by atoms with E-state index >= 15 is 0 Å². The van der Waals surface area contributed by atoms with Crippen LogP contribution in [0.4, 0.5) is 20.2 Å². The molecule has 1 heterocycles. The van der Waals surface area contributed by atoms with Gasteiger partial charge in [0, 0.05) is 42.5 Å². The molecule has 104 valence electrons. The Bertz CT molecular complexity index is 482. The summed E-state index contributed by atoms with van der Waals surface area (Å²) in [4.78, 5) is 11.8. The van der Waals surface area contributed by atoms with Crippen molar-refractivity contribution in [3.63, 3.8) is 0 Å². The van der Waals surface area contributed by atoms with Crippen molar-refractivity contribution in [2.24, 2.45) is 5.73 Å². The number of hydrogen-bond acceptors (Lipinski definition) is 4. The maximum Gasteiger partial charge on any atom is 0.270 e. The van der Waals surface area contributed by atoms with E-state index in [9.17, 15) is 18.9 Å². The molecule has 0 spiro atoms. The van der Waals surface area contributed by atoms with Gasteiger partial charge in [0.05, 0.1) is 4.92 Å². The molecule has 1 atom stereocenters. The van der Waals surface area contributed by atoms with Crippen LogP contribution in [0.15, 0.2) is 18.2 Å². The molecule has 1 saturated heterocycles. The van der Waals surface area contributed by atoms with Crippen LogP contribution in [-0.4, -0.2) is 24.1 Å². The molecule has 1 aromatic carbocycles. The van der Waals surface area contributed by atoms with E-state index in [0.29, 0.717) is 18.8 Å². The molecular weight excluding hydrogens is 256 g/mol. The second-order valence-corrected chi connectivity index (χ2v) is 4.53. The summed E-state index contributed by atoms with van der Waals surface area (Å²) >= 11 is 0. The highest BCUT2D eigenvalue weighted by Gasteiger charge is 2.28. The Labute approximate surface area is 109 Å². The van der Waals surface area contributed by atoms with Gasteiger partial charge in [-0.3, -0.25) is 10.1 Å². The molecule has 2 N–H and O–H groups in total. The summed E-state index contributed by atoms with van der Waals surface area (Å²) in [6.07, 6.45) is -0.994. The number of rotatable bonds is 4. The summed E-state index contributed by atoms with van der Waals surface area (Å²) < 4.78 is 26.1. The van der Waals surface area contributed by atoms with Gasteiger partial charge in [0.1, 0.15) is 0 Å².